The minimum Gasteiger partial charge on any atom is -0.372 e. The van der Waals surface area contributed by atoms with E-state index < -0.39 is 0 Å². The van der Waals surface area contributed by atoms with Gasteiger partial charge in [0.2, 0.25) is 0 Å². The molecule has 2 heteroatoms. The summed E-state index contributed by atoms with van der Waals surface area (Å²) in [7, 11) is 0. The predicted molar refractivity (Wildman–Crippen MR) is 88.2 cm³/mol. The van der Waals surface area contributed by atoms with E-state index in [1.54, 1.807) is 0 Å². The smallest absolute Gasteiger partial charge is 0.0366 e. The molecule has 2 rings (SSSR count). The minimum absolute atomic E-state index is 0.446. The Hall–Kier alpha value is -0.890. The first kappa shape index (κ1) is 14.5. The topological polar surface area (TPSA) is 3.24 Å². The molecule has 1 aliphatic heterocycles. The molecule has 0 amide bonds. The van der Waals surface area contributed by atoms with Gasteiger partial charge in [0.05, 0.1) is 0 Å². The largest absolute Gasteiger partial charge is 0.372 e. The molecule has 19 heavy (non-hydrogen) atoms. The Labute approximate surface area is 123 Å². The molecule has 1 aromatic rings. The first-order valence-electron chi connectivity index (χ1n) is 7.51. The van der Waals surface area contributed by atoms with Gasteiger partial charge in [0.25, 0.3) is 0 Å². The van der Waals surface area contributed by atoms with E-state index in [4.69, 9.17) is 12.2 Å². The number of nitrogens with zero attached hydrogens (tertiary/aromatic N) is 1. The molecule has 1 nitrogen and oxygen atoms in total. The Morgan fingerprint density at radius 1 is 1.21 bits per heavy atom. The highest BCUT2D eigenvalue weighted by molar-refractivity contribution is 7.80. The lowest BCUT2D eigenvalue weighted by Gasteiger charge is -2.33. The highest BCUT2D eigenvalue weighted by atomic mass is 32.1. The molecule has 1 aromatic carbocycles. The number of anilines is 1. The van der Waals surface area contributed by atoms with Crippen LogP contribution in [0, 0.1) is 11.8 Å². The van der Waals surface area contributed by atoms with Crippen LogP contribution in [0.1, 0.15) is 45.6 Å². The van der Waals surface area contributed by atoms with Crippen LogP contribution in [0.15, 0.2) is 24.3 Å². The fraction of sp³-hybridized carbons (Fsp3) is 0.588. The molecule has 104 valence electrons. The van der Waals surface area contributed by atoms with Crippen molar-refractivity contribution in [2.24, 2.45) is 11.8 Å². The van der Waals surface area contributed by atoms with Gasteiger partial charge < -0.3 is 4.90 Å². The molecule has 0 saturated carbocycles. The number of thiocarbonyl (C=S) groups is 1. The van der Waals surface area contributed by atoms with Crippen LogP contribution in [0.5, 0.6) is 0 Å². The third kappa shape index (κ3) is 3.56. The standard InChI is InChI=1S/C17H25NS/c1-4-14-9-11-18(12-10-14)16-7-5-15(6-8-16)17(19)13(2)3/h5-8,13-14H,4,9-12H2,1-3H3. The van der Waals surface area contributed by atoms with Gasteiger partial charge >= 0.3 is 0 Å². The second kappa shape index (κ2) is 6.51. The lowest BCUT2D eigenvalue weighted by atomic mass is 9.94. The second-order valence-corrected chi connectivity index (χ2v) is 6.34. The zero-order valence-electron chi connectivity index (χ0n) is 12.4. The third-order valence-electron chi connectivity index (χ3n) is 4.23. The van der Waals surface area contributed by atoms with E-state index in [2.05, 4.69) is 49.9 Å². The van der Waals surface area contributed by atoms with Gasteiger partial charge in [0.1, 0.15) is 0 Å². The summed E-state index contributed by atoms with van der Waals surface area (Å²) in [6, 6.07) is 8.83. The molecule has 0 aliphatic carbocycles. The van der Waals surface area contributed by atoms with Crippen LogP contribution in [0.3, 0.4) is 0 Å². The van der Waals surface area contributed by atoms with Crippen molar-refractivity contribution in [3.05, 3.63) is 29.8 Å². The number of hydrogen-bond acceptors (Lipinski definition) is 2. The predicted octanol–water partition coefficient (Wildman–Crippen LogP) is 4.69. The summed E-state index contributed by atoms with van der Waals surface area (Å²) >= 11 is 5.46. The maximum absolute atomic E-state index is 5.46. The fourth-order valence-electron chi connectivity index (χ4n) is 2.77. The number of rotatable bonds is 4. The zero-order chi connectivity index (χ0) is 13.8. The molecule has 0 radical (unpaired) electrons. The van der Waals surface area contributed by atoms with Crippen LogP contribution in [-0.4, -0.2) is 18.0 Å². The summed E-state index contributed by atoms with van der Waals surface area (Å²) < 4.78 is 0. The van der Waals surface area contributed by atoms with Gasteiger partial charge in [-0.05, 0) is 42.4 Å². The van der Waals surface area contributed by atoms with Crippen LogP contribution in [0.4, 0.5) is 5.69 Å². The van der Waals surface area contributed by atoms with Gasteiger partial charge in [0, 0.05) is 23.6 Å². The summed E-state index contributed by atoms with van der Waals surface area (Å²) in [6.07, 6.45) is 4.00. The number of piperidine rings is 1. The van der Waals surface area contributed by atoms with Gasteiger partial charge in [-0.25, -0.2) is 0 Å². The van der Waals surface area contributed by atoms with Crippen molar-refractivity contribution in [3.8, 4) is 0 Å². The molecule has 0 aromatic heterocycles. The van der Waals surface area contributed by atoms with Crippen molar-refractivity contribution in [1.82, 2.24) is 0 Å². The average molecular weight is 275 g/mol. The van der Waals surface area contributed by atoms with Crippen molar-refractivity contribution < 1.29 is 0 Å². The molecular formula is C17H25NS. The lowest BCUT2D eigenvalue weighted by molar-refractivity contribution is 0.395. The highest BCUT2D eigenvalue weighted by Crippen LogP contribution is 2.25. The first-order valence-corrected chi connectivity index (χ1v) is 7.92. The van der Waals surface area contributed by atoms with Gasteiger partial charge in [-0.15, -0.1) is 0 Å². The SMILES string of the molecule is CCC1CCN(c2ccc(C(=S)C(C)C)cc2)CC1. The van der Waals surface area contributed by atoms with E-state index >= 15 is 0 Å². The van der Waals surface area contributed by atoms with Crippen molar-refractivity contribution in [1.29, 1.82) is 0 Å². The van der Waals surface area contributed by atoms with Crippen molar-refractivity contribution in [3.63, 3.8) is 0 Å². The molecule has 0 spiro atoms. The van der Waals surface area contributed by atoms with E-state index in [0.29, 0.717) is 5.92 Å². The minimum atomic E-state index is 0.446. The van der Waals surface area contributed by atoms with E-state index in [0.717, 1.165) is 10.8 Å². The van der Waals surface area contributed by atoms with E-state index in [-0.39, 0.29) is 0 Å². The molecule has 0 bridgehead atoms. The monoisotopic (exact) mass is 275 g/mol. The summed E-state index contributed by atoms with van der Waals surface area (Å²) in [6.45, 7) is 9.03. The highest BCUT2D eigenvalue weighted by Gasteiger charge is 2.18. The maximum atomic E-state index is 5.46. The summed E-state index contributed by atoms with van der Waals surface area (Å²) in [5, 5.41) is 0. The molecule has 1 fully saturated rings. The third-order valence-corrected chi connectivity index (χ3v) is 4.94. The lowest BCUT2D eigenvalue weighted by Crippen LogP contribution is -2.33. The molecule has 1 heterocycles. The first-order chi connectivity index (χ1) is 9.11. The maximum Gasteiger partial charge on any atom is 0.0366 e. The van der Waals surface area contributed by atoms with Crippen LogP contribution in [-0.2, 0) is 0 Å². The average Bonchev–Trinajstić information content (AvgIpc) is 2.46. The van der Waals surface area contributed by atoms with Crippen molar-refractivity contribution in [2.75, 3.05) is 18.0 Å². The van der Waals surface area contributed by atoms with Crippen molar-refractivity contribution >= 4 is 22.8 Å². The Morgan fingerprint density at radius 3 is 2.26 bits per heavy atom. The molecule has 1 aliphatic rings. The molecule has 0 atom stereocenters. The number of benzene rings is 1. The van der Waals surface area contributed by atoms with Crippen LogP contribution in [0.25, 0.3) is 0 Å². The number of hydrogen-bond donors (Lipinski definition) is 0. The summed E-state index contributed by atoms with van der Waals surface area (Å²) in [5.41, 5.74) is 2.56. The Bertz CT molecular complexity index is 413. The second-order valence-electron chi connectivity index (χ2n) is 5.90. The summed E-state index contributed by atoms with van der Waals surface area (Å²) in [4.78, 5) is 3.57. The van der Waals surface area contributed by atoms with E-state index in [1.165, 1.54) is 43.6 Å². The van der Waals surface area contributed by atoms with Crippen LogP contribution in [0.2, 0.25) is 0 Å². The normalized spacial score (nSPS) is 16.9. The van der Waals surface area contributed by atoms with Crippen LogP contribution >= 0.6 is 12.2 Å². The quantitative estimate of drug-likeness (QED) is 0.579. The zero-order valence-corrected chi connectivity index (χ0v) is 13.2. The van der Waals surface area contributed by atoms with Gasteiger partial charge in [0.15, 0.2) is 0 Å². The Morgan fingerprint density at radius 2 is 1.79 bits per heavy atom. The van der Waals surface area contributed by atoms with Crippen molar-refractivity contribution in [2.45, 2.75) is 40.0 Å². The molecular weight excluding hydrogens is 250 g/mol. The Kier molecular flexibility index (Phi) is 4.98. The Balaban J connectivity index is 2.01. The van der Waals surface area contributed by atoms with Crippen LogP contribution < -0.4 is 4.90 Å². The van der Waals surface area contributed by atoms with Gasteiger partial charge in [-0.3, -0.25) is 0 Å². The summed E-state index contributed by atoms with van der Waals surface area (Å²) in [5.74, 6) is 1.38. The van der Waals surface area contributed by atoms with E-state index in [1.807, 2.05) is 0 Å². The molecule has 1 saturated heterocycles. The van der Waals surface area contributed by atoms with Gasteiger partial charge in [-0.1, -0.05) is 51.5 Å². The fourth-order valence-corrected chi connectivity index (χ4v) is 2.91. The van der Waals surface area contributed by atoms with Gasteiger partial charge in [-0.2, -0.15) is 0 Å². The molecule has 0 N–H and O–H groups in total. The van der Waals surface area contributed by atoms with E-state index in [9.17, 15) is 0 Å². The molecule has 0 unspecified atom stereocenters.